The van der Waals surface area contributed by atoms with Crippen molar-refractivity contribution in [3.05, 3.63) is 59.2 Å². The fourth-order valence-corrected chi connectivity index (χ4v) is 4.23. The fraction of sp³-hybridized carbons (Fsp3) is 0.440. The maximum Gasteiger partial charge on any atom is 0.120 e. The van der Waals surface area contributed by atoms with E-state index in [1.165, 1.54) is 41.5 Å². The van der Waals surface area contributed by atoms with Crippen LogP contribution in [0.25, 0.3) is 11.1 Å². The van der Waals surface area contributed by atoms with Gasteiger partial charge in [0.05, 0.1) is 7.11 Å². The van der Waals surface area contributed by atoms with E-state index in [4.69, 9.17) is 4.74 Å². The van der Waals surface area contributed by atoms with Gasteiger partial charge in [-0.3, -0.25) is 4.90 Å². The number of hydrogen-bond acceptors (Lipinski definition) is 3. The molecular formula is C25H33NO2. The minimum absolute atomic E-state index is 0.410. The van der Waals surface area contributed by atoms with Gasteiger partial charge in [-0.15, -0.1) is 0 Å². The molecule has 1 aliphatic heterocycles. The van der Waals surface area contributed by atoms with E-state index in [0.717, 1.165) is 43.8 Å². The molecule has 0 radical (unpaired) electrons. The first-order valence-corrected chi connectivity index (χ1v) is 10.6. The summed E-state index contributed by atoms with van der Waals surface area (Å²) in [5.74, 6) is 1.29. The van der Waals surface area contributed by atoms with Gasteiger partial charge >= 0.3 is 0 Å². The Labute approximate surface area is 169 Å². The number of piperidine rings is 1. The number of ether oxygens (including phenoxy) is 1. The second-order valence-electron chi connectivity index (χ2n) is 7.57. The highest BCUT2D eigenvalue weighted by Crippen LogP contribution is 2.34. The molecule has 150 valence electrons. The molecule has 0 spiro atoms. The third kappa shape index (κ3) is 4.77. The third-order valence-corrected chi connectivity index (χ3v) is 5.78. The van der Waals surface area contributed by atoms with E-state index in [-0.39, 0.29) is 0 Å². The maximum atomic E-state index is 10.4. The van der Waals surface area contributed by atoms with Gasteiger partial charge in [0.1, 0.15) is 11.5 Å². The summed E-state index contributed by atoms with van der Waals surface area (Å²) in [6.45, 7) is 7.52. The van der Waals surface area contributed by atoms with Gasteiger partial charge in [0.2, 0.25) is 0 Å². The largest absolute Gasteiger partial charge is 0.508 e. The van der Waals surface area contributed by atoms with Crippen LogP contribution in [0.4, 0.5) is 0 Å². The summed E-state index contributed by atoms with van der Waals surface area (Å²) in [5, 5.41) is 10.4. The fourth-order valence-electron chi connectivity index (χ4n) is 4.23. The number of benzene rings is 2. The lowest BCUT2D eigenvalue weighted by Gasteiger charge is -2.27. The topological polar surface area (TPSA) is 32.7 Å². The van der Waals surface area contributed by atoms with Crippen molar-refractivity contribution in [3.8, 4) is 11.5 Å². The Kier molecular flexibility index (Phi) is 7.16. The molecule has 0 aliphatic carbocycles. The average molecular weight is 380 g/mol. The number of aromatic hydroxyl groups is 1. The number of phenolic OH excluding ortho intramolecular Hbond substituents is 1. The first kappa shape index (κ1) is 20.5. The monoisotopic (exact) mass is 379 g/mol. The van der Waals surface area contributed by atoms with Crippen LogP contribution in [0.15, 0.2) is 42.5 Å². The lowest BCUT2D eigenvalue weighted by Crippen LogP contribution is -2.29. The number of nitrogens with zero attached hydrogens (tertiary/aromatic N) is 1. The Morgan fingerprint density at radius 3 is 2.11 bits per heavy atom. The first-order chi connectivity index (χ1) is 13.7. The maximum absolute atomic E-state index is 10.4. The Hall–Kier alpha value is -2.26. The van der Waals surface area contributed by atoms with Crippen LogP contribution in [0.1, 0.15) is 62.6 Å². The summed E-state index contributed by atoms with van der Waals surface area (Å²) in [6.07, 6.45) is 5.78. The second-order valence-corrected chi connectivity index (χ2v) is 7.57. The Bertz CT molecular complexity index is 802. The van der Waals surface area contributed by atoms with Gasteiger partial charge in [-0.25, -0.2) is 0 Å². The zero-order chi connectivity index (χ0) is 19.9. The second kappa shape index (κ2) is 9.79. The smallest absolute Gasteiger partial charge is 0.120 e. The van der Waals surface area contributed by atoms with E-state index in [2.05, 4.69) is 43.0 Å². The molecule has 3 rings (SSSR count). The molecule has 1 saturated heterocycles. The highest BCUT2D eigenvalue weighted by molar-refractivity contribution is 5.91. The standard InChI is InChI=1S/C25H33NO2/c1-4-23(19-9-12-22(28-3)13-10-19)24(5-2)20-11-14-25(27)21(17-20)18-26-15-7-6-8-16-26/h9-14,17,27H,4-8,15-16,18H2,1-3H3/b24-23+. The lowest BCUT2D eigenvalue weighted by atomic mass is 9.90. The van der Waals surface area contributed by atoms with E-state index in [1.807, 2.05) is 18.2 Å². The van der Waals surface area contributed by atoms with Gasteiger partial charge in [-0.1, -0.05) is 38.5 Å². The zero-order valence-corrected chi connectivity index (χ0v) is 17.5. The Morgan fingerprint density at radius 1 is 0.893 bits per heavy atom. The summed E-state index contributed by atoms with van der Waals surface area (Å²) in [4.78, 5) is 2.46. The molecule has 0 unspecified atom stereocenters. The highest BCUT2D eigenvalue weighted by Gasteiger charge is 2.15. The number of phenols is 1. The van der Waals surface area contributed by atoms with Crippen molar-refractivity contribution >= 4 is 11.1 Å². The molecule has 0 amide bonds. The number of hydrogen-bond donors (Lipinski definition) is 1. The number of rotatable bonds is 7. The molecule has 2 aromatic rings. The molecule has 1 fully saturated rings. The summed E-state index contributed by atoms with van der Waals surface area (Å²) < 4.78 is 5.31. The van der Waals surface area contributed by atoms with Gasteiger partial charge in [-0.2, -0.15) is 0 Å². The van der Waals surface area contributed by atoms with Gasteiger partial charge in [-0.05, 0) is 85.3 Å². The lowest BCUT2D eigenvalue weighted by molar-refractivity contribution is 0.218. The molecule has 0 saturated carbocycles. The molecule has 1 aliphatic rings. The van der Waals surface area contributed by atoms with Crippen LogP contribution >= 0.6 is 0 Å². The SMILES string of the molecule is CC/C(=C(/CC)c1ccc(O)c(CN2CCCCC2)c1)c1ccc(OC)cc1. The van der Waals surface area contributed by atoms with Gasteiger partial charge in [0.25, 0.3) is 0 Å². The van der Waals surface area contributed by atoms with Crippen LogP contribution < -0.4 is 4.74 Å². The molecule has 3 nitrogen and oxygen atoms in total. The predicted octanol–water partition coefficient (Wildman–Crippen LogP) is 6.12. The average Bonchev–Trinajstić information content (AvgIpc) is 2.74. The molecule has 0 aromatic heterocycles. The van der Waals surface area contributed by atoms with E-state index in [0.29, 0.717) is 5.75 Å². The molecule has 0 atom stereocenters. The summed E-state index contributed by atoms with van der Waals surface area (Å²) in [5.41, 5.74) is 6.22. The third-order valence-electron chi connectivity index (χ3n) is 5.78. The molecule has 3 heteroatoms. The van der Waals surface area contributed by atoms with Gasteiger partial charge in [0.15, 0.2) is 0 Å². The normalized spacial score (nSPS) is 16.0. The molecule has 28 heavy (non-hydrogen) atoms. The van der Waals surface area contributed by atoms with E-state index >= 15 is 0 Å². The van der Waals surface area contributed by atoms with Crippen LogP contribution in [-0.2, 0) is 6.54 Å². The van der Waals surface area contributed by atoms with Gasteiger partial charge < -0.3 is 9.84 Å². The number of methoxy groups -OCH3 is 1. The Balaban J connectivity index is 1.95. The zero-order valence-electron chi connectivity index (χ0n) is 17.5. The van der Waals surface area contributed by atoms with Crippen molar-refractivity contribution in [2.24, 2.45) is 0 Å². The molecular weight excluding hydrogens is 346 g/mol. The van der Waals surface area contributed by atoms with Crippen molar-refractivity contribution < 1.29 is 9.84 Å². The van der Waals surface area contributed by atoms with Crippen molar-refractivity contribution in [2.75, 3.05) is 20.2 Å². The molecule has 0 bridgehead atoms. The van der Waals surface area contributed by atoms with Crippen LogP contribution in [0.2, 0.25) is 0 Å². The number of allylic oxidation sites excluding steroid dienone is 2. The van der Waals surface area contributed by atoms with Crippen molar-refractivity contribution in [2.45, 2.75) is 52.5 Å². The van der Waals surface area contributed by atoms with Crippen molar-refractivity contribution in [1.82, 2.24) is 4.90 Å². The van der Waals surface area contributed by atoms with Crippen LogP contribution in [0.5, 0.6) is 11.5 Å². The van der Waals surface area contributed by atoms with E-state index in [1.54, 1.807) is 7.11 Å². The quantitative estimate of drug-likeness (QED) is 0.588. The van der Waals surface area contributed by atoms with Crippen LogP contribution in [-0.4, -0.2) is 30.2 Å². The molecule has 1 N–H and O–H groups in total. The van der Waals surface area contributed by atoms with Gasteiger partial charge in [0, 0.05) is 12.1 Å². The minimum atomic E-state index is 0.410. The summed E-state index contributed by atoms with van der Waals surface area (Å²) in [7, 11) is 1.70. The van der Waals surface area contributed by atoms with Crippen molar-refractivity contribution in [1.29, 1.82) is 0 Å². The first-order valence-electron chi connectivity index (χ1n) is 10.6. The number of likely N-dealkylation sites (tertiary alicyclic amines) is 1. The molecule has 2 aromatic carbocycles. The minimum Gasteiger partial charge on any atom is -0.508 e. The van der Waals surface area contributed by atoms with E-state index in [9.17, 15) is 5.11 Å². The van der Waals surface area contributed by atoms with Crippen LogP contribution in [0.3, 0.4) is 0 Å². The predicted molar refractivity (Wildman–Crippen MR) is 118 cm³/mol. The van der Waals surface area contributed by atoms with Crippen molar-refractivity contribution in [3.63, 3.8) is 0 Å². The van der Waals surface area contributed by atoms with E-state index < -0.39 is 0 Å². The Morgan fingerprint density at radius 2 is 1.50 bits per heavy atom. The summed E-state index contributed by atoms with van der Waals surface area (Å²) >= 11 is 0. The summed E-state index contributed by atoms with van der Waals surface area (Å²) in [6, 6.07) is 14.5. The highest BCUT2D eigenvalue weighted by atomic mass is 16.5. The molecule has 1 heterocycles. The van der Waals surface area contributed by atoms with Crippen LogP contribution in [0, 0.1) is 0 Å².